The second-order valence-corrected chi connectivity index (χ2v) is 3.92. The molecule has 19 heavy (non-hydrogen) atoms. The molecule has 0 spiro atoms. The Morgan fingerprint density at radius 1 is 1.53 bits per heavy atom. The lowest BCUT2D eigenvalue weighted by molar-refractivity contribution is -0.262. The van der Waals surface area contributed by atoms with Crippen molar-refractivity contribution in [1.82, 2.24) is 5.32 Å². The number of aliphatic hydroxyl groups is 3. The van der Waals surface area contributed by atoms with Crippen LogP contribution in [-0.2, 0) is 14.3 Å². The molecule has 0 bridgehead atoms. The van der Waals surface area contributed by atoms with E-state index >= 15 is 0 Å². The molecule has 1 aliphatic heterocycles. The molecule has 10 heteroatoms. The van der Waals surface area contributed by atoms with Gasteiger partial charge in [-0.2, -0.15) is 0 Å². The molecule has 108 valence electrons. The minimum Gasteiger partial charge on any atom is -0.394 e. The first-order valence-electron chi connectivity index (χ1n) is 5.50. The smallest absolute Gasteiger partial charge is 0.226 e. The third kappa shape index (κ3) is 3.77. The molecule has 1 aliphatic rings. The lowest BCUT2D eigenvalue weighted by atomic mass is 9.97. The number of azide groups is 1. The van der Waals surface area contributed by atoms with Crippen LogP contribution in [-0.4, -0.2) is 72.1 Å². The summed E-state index contributed by atoms with van der Waals surface area (Å²) < 4.78 is 10.1. The van der Waals surface area contributed by atoms with Crippen LogP contribution in [0.4, 0.5) is 0 Å². The molecule has 0 saturated carbocycles. The van der Waals surface area contributed by atoms with Crippen molar-refractivity contribution >= 4 is 5.91 Å². The van der Waals surface area contributed by atoms with Gasteiger partial charge in [0.15, 0.2) is 6.29 Å². The first-order valence-corrected chi connectivity index (χ1v) is 5.50. The van der Waals surface area contributed by atoms with E-state index in [4.69, 9.17) is 20.1 Å². The Balaban J connectivity index is 2.73. The highest BCUT2D eigenvalue weighted by atomic mass is 16.7. The maximum absolute atomic E-state index is 11.4. The molecule has 1 heterocycles. The zero-order chi connectivity index (χ0) is 14.4. The summed E-state index contributed by atoms with van der Waals surface area (Å²) in [5, 5.41) is 33.9. The van der Waals surface area contributed by atoms with Gasteiger partial charge < -0.3 is 30.1 Å². The van der Waals surface area contributed by atoms with E-state index in [0.717, 1.165) is 0 Å². The van der Waals surface area contributed by atoms with E-state index < -0.39 is 49.7 Å². The predicted molar refractivity (Wildman–Crippen MR) is 60.7 cm³/mol. The van der Waals surface area contributed by atoms with Crippen molar-refractivity contribution in [3.8, 4) is 0 Å². The van der Waals surface area contributed by atoms with E-state index in [1.165, 1.54) is 7.11 Å². The van der Waals surface area contributed by atoms with Gasteiger partial charge in [-0.25, -0.2) is 0 Å². The summed E-state index contributed by atoms with van der Waals surface area (Å²) in [6.45, 7) is -0.951. The molecule has 0 aliphatic carbocycles. The van der Waals surface area contributed by atoms with Crippen LogP contribution < -0.4 is 5.32 Å². The quantitative estimate of drug-likeness (QED) is 0.255. The Kier molecular flexibility index (Phi) is 5.96. The van der Waals surface area contributed by atoms with Gasteiger partial charge in [-0.15, -0.1) is 0 Å². The molecule has 0 aromatic heterocycles. The monoisotopic (exact) mass is 276 g/mol. The first kappa shape index (κ1) is 15.6. The van der Waals surface area contributed by atoms with E-state index in [-0.39, 0.29) is 0 Å². The number of amides is 1. The van der Waals surface area contributed by atoms with Crippen molar-refractivity contribution in [2.24, 2.45) is 5.11 Å². The maximum atomic E-state index is 11.4. The zero-order valence-electron chi connectivity index (χ0n) is 10.2. The summed E-state index contributed by atoms with van der Waals surface area (Å²) >= 11 is 0. The molecule has 0 aromatic carbocycles. The fourth-order valence-electron chi connectivity index (χ4n) is 1.76. The molecule has 1 fully saturated rings. The van der Waals surface area contributed by atoms with Gasteiger partial charge >= 0.3 is 0 Å². The number of aliphatic hydroxyl groups excluding tert-OH is 3. The highest BCUT2D eigenvalue weighted by molar-refractivity contribution is 5.78. The molecule has 0 radical (unpaired) electrons. The Hall–Kier alpha value is -1.42. The Morgan fingerprint density at radius 2 is 2.21 bits per heavy atom. The summed E-state index contributed by atoms with van der Waals surface area (Å²) in [4.78, 5) is 13.8. The average Bonchev–Trinajstić information content (AvgIpc) is 2.42. The van der Waals surface area contributed by atoms with Crippen molar-refractivity contribution < 1.29 is 29.6 Å². The van der Waals surface area contributed by atoms with Crippen molar-refractivity contribution in [1.29, 1.82) is 0 Å². The lowest BCUT2D eigenvalue weighted by Gasteiger charge is -2.41. The van der Waals surface area contributed by atoms with Gasteiger partial charge in [0.05, 0.1) is 6.61 Å². The van der Waals surface area contributed by atoms with Crippen LogP contribution in [0.2, 0.25) is 0 Å². The van der Waals surface area contributed by atoms with Crippen LogP contribution in [0, 0.1) is 0 Å². The first-order chi connectivity index (χ1) is 9.04. The summed E-state index contributed by atoms with van der Waals surface area (Å²) in [6, 6.07) is -1.04. The summed E-state index contributed by atoms with van der Waals surface area (Å²) in [5.41, 5.74) is 8.09. The van der Waals surface area contributed by atoms with Crippen molar-refractivity contribution in [3.63, 3.8) is 0 Å². The van der Waals surface area contributed by atoms with Crippen LogP contribution >= 0.6 is 0 Å². The van der Waals surface area contributed by atoms with Crippen molar-refractivity contribution in [2.75, 3.05) is 20.3 Å². The number of hydrogen-bond acceptors (Lipinski definition) is 7. The third-order valence-electron chi connectivity index (χ3n) is 2.72. The topological polar surface area (TPSA) is 157 Å². The van der Waals surface area contributed by atoms with Gasteiger partial charge in [0.1, 0.15) is 30.9 Å². The van der Waals surface area contributed by atoms with Crippen LogP contribution in [0.1, 0.15) is 0 Å². The number of carbonyl (C=O) groups is 1. The standard InChI is InChI=1S/C9H16N4O6/c1-18-9-6(12-5(15)2-11-13-10)8(17)7(16)4(3-14)19-9/h4,6-9,14,16-17H,2-3H2,1H3,(H,12,15)/t4?,6?,7-,8?,9-/m0/s1. The highest BCUT2D eigenvalue weighted by Crippen LogP contribution is 2.21. The molecular formula is C9H16N4O6. The Bertz CT molecular complexity index is 359. The van der Waals surface area contributed by atoms with Crippen molar-refractivity contribution in [3.05, 3.63) is 10.4 Å². The molecule has 1 amide bonds. The van der Waals surface area contributed by atoms with E-state index in [0.29, 0.717) is 0 Å². The fraction of sp³-hybridized carbons (Fsp3) is 0.889. The van der Waals surface area contributed by atoms with E-state index in [9.17, 15) is 15.0 Å². The van der Waals surface area contributed by atoms with E-state index in [1.54, 1.807) is 0 Å². The molecule has 0 aromatic rings. The van der Waals surface area contributed by atoms with Gasteiger partial charge in [0.25, 0.3) is 0 Å². The van der Waals surface area contributed by atoms with E-state index in [1.807, 2.05) is 0 Å². The molecule has 5 atom stereocenters. The predicted octanol–water partition coefficient (Wildman–Crippen LogP) is -2.13. The number of rotatable bonds is 5. The van der Waals surface area contributed by atoms with Crippen LogP contribution in [0.5, 0.6) is 0 Å². The van der Waals surface area contributed by atoms with Gasteiger partial charge in [-0.1, -0.05) is 5.11 Å². The molecule has 1 rings (SSSR count). The van der Waals surface area contributed by atoms with Gasteiger partial charge in [-0.05, 0) is 5.53 Å². The molecule has 4 N–H and O–H groups in total. The minimum atomic E-state index is -1.38. The number of methoxy groups -OCH3 is 1. The van der Waals surface area contributed by atoms with E-state index in [2.05, 4.69) is 15.3 Å². The molecule has 1 saturated heterocycles. The summed E-state index contributed by atoms with van der Waals surface area (Å²) in [7, 11) is 1.29. The Morgan fingerprint density at radius 3 is 2.74 bits per heavy atom. The fourth-order valence-corrected chi connectivity index (χ4v) is 1.76. The van der Waals surface area contributed by atoms with Gasteiger partial charge in [0, 0.05) is 12.0 Å². The minimum absolute atomic E-state index is 0.449. The number of nitrogens with one attached hydrogen (secondary N) is 1. The molecule has 3 unspecified atom stereocenters. The Labute approximate surface area is 108 Å². The number of nitrogens with zero attached hydrogens (tertiary/aromatic N) is 3. The van der Waals surface area contributed by atoms with Gasteiger partial charge in [-0.3, -0.25) is 4.79 Å². The molecular weight excluding hydrogens is 260 g/mol. The highest BCUT2D eigenvalue weighted by Gasteiger charge is 2.45. The number of carbonyl (C=O) groups excluding carboxylic acids is 1. The maximum Gasteiger partial charge on any atom is 0.226 e. The van der Waals surface area contributed by atoms with Crippen LogP contribution in [0.15, 0.2) is 5.11 Å². The zero-order valence-corrected chi connectivity index (χ0v) is 10.2. The molecule has 10 nitrogen and oxygen atoms in total. The lowest BCUT2D eigenvalue weighted by Crippen LogP contribution is -2.64. The third-order valence-corrected chi connectivity index (χ3v) is 2.72. The summed E-state index contributed by atoms with van der Waals surface area (Å²) in [6.07, 6.45) is -4.80. The summed E-state index contributed by atoms with van der Waals surface area (Å²) in [5.74, 6) is -0.651. The SMILES string of the molecule is CO[C@H]1OC(CO)[C@H](O)C(O)C1NC(=O)CN=[N+]=[N-]. The van der Waals surface area contributed by atoms with Crippen LogP contribution in [0.3, 0.4) is 0 Å². The number of hydrogen-bond donors (Lipinski definition) is 4. The average molecular weight is 276 g/mol. The second-order valence-electron chi connectivity index (χ2n) is 3.92. The number of ether oxygens (including phenoxy) is 2. The van der Waals surface area contributed by atoms with Gasteiger partial charge in [0.2, 0.25) is 5.91 Å². The normalized spacial score (nSPS) is 34.4. The second kappa shape index (κ2) is 7.24. The largest absolute Gasteiger partial charge is 0.394 e. The van der Waals surface area contributed by atoms with Crippen LogP contribution in [0.25, 0.3) is 10.4 Å². The van der Waals surface area contributed by atoms with Crippen molar-refractivity contribution in [2.45, 2.75) is 30.6 Å².